The van der Waals surface area contributed by atoms with Crippen LogP contribution in [0.2, 0.25) is 0 Å². The number of amides is 1. The smallest absolute Gasteiger partial charge is 0.235 e. The number of nitriles is 1. The average Bonchev–Trinajstić information content (AvgIpc) is 3.02. The summed E-state index contributed by atoms with van der Waals surface area (Å²) in [7, 11) is -3.57. The van der Waals surface area contributed by atoms with E-state index in [0.717, 1.165) is 29.6 Å². The molecule has 7 nitrogen and oxygen atoms in total. The first kappa shape index (κ1) is 23.1. The number of fused-ring (bicyclic) bond motifs is 2. The summed E-state index contributed by atoms with van der Waals surface area (Å²) in [6.45, 7) is 1.93. The summed E-state index contributed by atoms with van der Waals surface area (Å²) < 4.78 is 56.5. The van der Waals surface area contributed by atoms with Gasteiger partial charge in [0.1, 0.15) is 24.0 Å². The fraction of sp³-hybridized carbons (Fsp3) is 0.391. The van der Waals surface area contributed by atoms with Crippen LogP contribution >= 0.6 is 0 Å². The lowest BCUT2D eigenvalue weighted by Crippen LogP contribution is -2.47. The number of hydrogen-bond acceptors (Lipinski definition) is 6. The van der Waals surface area contributed by atoms with Gasteiger partial charge in [-0.1, -0.05) is 0 Å². The number of likely N-dealkylation sites (tertiary alicyclic amines) is 1. The highest BCUT2D eigenvalue weighted by atomic mass is 32.2. The highest BCUT2D eigenvalue weighted by Gasteiger charge is 2.48. The number of ether oxygens (including phenoxy) is 1. The number of piperidine rings is 1. The maximum Gasteiger partial charge on any atom is 0.235 e. The van der Waals surface area contributed by atoms with Gasteiger partial charge in [-0.25, -0.2) is 17.2 Å². The molecular weight excluding hydrogens is 452 g/mol. The zero-order valence-corrected chi connectivity index (χ0v) is 18.8. The Kier molecular flexibility index (Phi) is 6.12. The lowest BCUT2D eigenvalue weighted by molar-refractivity contribution is -0.122. The Morgan fingerprint density at radius 3 is 2.45 bits per heavy atom. The molecule has 1 spiro atoms. The Morgan fingerprint density at radius 2 is 1.85 bits per heavy atom. The van der Waals surface area contributed by atoms with Gasteiger partial charge in [0, 0.05) is 36.2 Å². The van der Waals surface area contributed by atoms with E-state index in [0.29, 0.717) is 38.0 Å². The van der Waals surface area contributed by atoms with Crippen molar-refractivity contribution in [3.8, 4) is 11.8 Å². The van der Waals surface area contributed by atoms with Crippen molar-refractivity contribution >= 4 is 21.4 Å². The second-order valence-corrected chi connectivity index (χ2v) is 10.7. The number of sulfone groups is 1. The Hall–Kier alpha value is -3.03. The predicted molar refractivity (Wildman–Crippen MR) is 118 cm³/mol. The molecule has 0 aliphatic carbocycles. The number of anilines is 1. The van der Waals surface area contributed by atoms with Gasteiger partial charge >= 0.3 is 0 Å². The van der Waals surface area contributed by atoms with Gasteiger partial charge in [-0.05, 0) is 49.7 Å². The summed E-state index contributed by atoms with van der Waals surface area (Å²) in [5, 5.41) is 12.1. The minimum Gasteiger partial charge on any atom is -0.492 e. The molecule has 0 atom stereocenters. The molecule has 2 aromatic carbocycles. The molecule has 4 rings (SSSR count). The fourth-order valence-corrected chi connectivity index (χ4v) is 5.29. The van der Waals surface area contributed by atoms with E-state index in [-0.39, 0.29) is 18.3 Å². The van der Waals surface area contributed by atoms with Gasteiger partial charge in [-0.2, -0.15) is 5.26 Å². The minimum atomic E-state index is -3.57. The zero-order chi connectivity index (χ0) is 23.8. The molecule has 2 aliphatic rings. The molecule has 1 N–H and O–H groups in total. The van der Waals surface area contributed by atoms with Crippen LogP contribution in [-0.2, 0) is 25.8 Å². The highest BCUT2D eigenvalue weighted by molar-refractivity contribution is 7.89. The number of benzene rings is 2. The van der Waals surface area contributed by atoms with Gasteiger partial charge in [0.25, 0.3) is 0 Å². The molecule has 10 heteroatoms. The molecule has 2 aliphatic heterocycles. The van der Waals surface area contributed by atoms with Gasteiger partial charge in [0.05, 0.1) is 22.8 Å². The number of nitrogens with one attached hydrogen (secondary N) is 1. The van der Waals surface area contributed by atoms with E-state index in [2.05, 4.69) is 16.3 Å². The van der Waals surface area contributed by atoms with E-state index in [1.54, 1.807) is 18.2 Å². The van der Waals surface area contributed by atoms with Gasteiger partial charge in [-0.15, -0.1) is 0 Å². The Morgan fingerprint density at radius 1 is 1.18 bits per heavy atom. The van der Waals surface area contributed by atoms with Crippen molar-refractivity contribution in [2.24, 2.45) is 0 Å². The standard InChI is InChI=1S/C23H23F2N3O4S/c1-33(30,31)14-17-19(24)11-16(12-20(17)25)32-9-8-28-6-4-23(5-7-28)18-10-15(13-26)2-3-21(18)27-22(23)29/h2-3,10-12H,4-9,14H2,1H3,(H,27,29). The Labute approximate surface area is 190 Å². The minimum absolute atomic E-state index is 0.0103. The van der Waals surface area contributed by atoms with Crippen molar-refractivity contribution in [2.75, 3.05) is 37.8 Å². The molecular formula is C23H23F2N3O4S. The normalized spacial score (nSPS) is 17.5. The summed E-state index contributed by atoms with van der Waals surface area (Å²) in [6, 6.07) is 9.32. The number of carbonyl (C=O) groups excluding carboxylic acids is 1. The molecule has 1 amide bonds. The summed E-state index contributed by atoms with van der Waals surface area (Å²) in [4.78, 5) is 14.9. The van der Waals surface area contributed by atoms with E-state index in [1.807, 2.05) is 0 Å². The van der Waals surface area contributed by atoms with Crippen LogP contribution in [0.3, 0.4) is 0 Å². The summed E-state index contributed by atoms with van der Waals surface area (Å²) in [5.74, 6) is -2.70. The molecule has 1 saturated heterocycles. The lowest BCUT2D eigenvalue weighted by Gasteiger charge is -2.37. The molecule has 2 aromatic rings. The third-order valence-electron chi connectivity index (χ3n) is 6.25. The van der Waals surface area contributed by atoms with Crippen molar-refractivity contribution in [1.29, 1.82) is 5.26 Å². The molecule has 0 bridgehead atoms. The lowest BCUT2D eigenvalue weighted by atomic mass is 9.73. The zero-order valence-electron chi connectivity index (χ0n) is 18.0. The van der Waals surface area contributed by atoms with Crippen LogP contribution in [0.5, 0.6) is 5.75 Å². The molecule has 0 aromatic heterocycles. The molecule has 2 heterocycles. The van der Waals surface area contributed by atoms with Crippen LogP contribution in [0.15, 0.2) is 30.3 Å². The second kappa shape index (κ2) is 8.72. The van der Waals surface area contributed by atoms with Crippen molar-refractivity contribution in [1.82, 2.24) is 4.90 Å². The summed E-state index contributed by atoms with van der Waals surface area (Å²) in [5.41, 5.74) is 0.978. The van der Waals surface area contributed by atoms with Crippen molar-refractivity contribution in [2.45, 2.75) is 24.0 Å². The first-order valence-electron chi connectivity index (χ1n) is 10.5. The number of halogens is 2. The SMILES string of the molecule is CS(=O)(=O)Cc1c(F)cc(OCCN2CCC3(CC2)C(=O)Nc2ccc(C#N)cc23)cc1F. The average molecular weight is 476 g/mol. The fourth-order valence-electron chi connectivity index (χ4n) is 4.49. The van der Waals surface area contributed by atoms with Gasteiger partial charge < -0.3 is 10.1 Å². The van der Waals surface area contributed by atoms with Crippen LogP contribution < -0.4 is 10.1 Å². The molecule has 174 valence electrons. The van der Waals surface area contributed by atoms with E-state index >= 15 is 0 Å². The van der Waals surface area contributed by atoms with Crippen LogP contribution in [0, 0.1) is 23.0 Å². The third kappa shape index (κ3) is 4.70. The first-order chi connectivity index (χ1) is 15.6. The number of nitrogens with zero attached hydrogens (tertiary/aromatic N) is 2. The Balaban J connectivity index is 1.35. The summed E-state index contributed by atoms with van der Waals surface area (Å²) >= 11 is 0. The van der Waals surface area contributed by atoms with E-state index in [9.17, 15) is 27.3 Å². The van der Waals surface area contributed by atoms with E-state index in [4.69, 9.17) is 4.74 Å². The first-order valence-corrected chi connectivity index (χ1v) is 12.5. The van der Waals surface area contributed by atoms with Gasteiger partial charge in [0.15, 0.2) is 9.84 Å². The van der Waals surface area contributed by atoms with Gasteiger partial charge in [-0.3, -0.25) is 9.69 Å². The molecule has 0 saturated carbocycles. The number of rotatable bonds is 6. The quantitative estimate of drug-likeness (QED) is 0.690. The van der Waals surface area contributed by atoms with Crippen LogP contribution in [0.1, 0.15) is 29.5 Å². The van der Waals surface area contributed by atoms with E-state index in [1.165, 1.54) is 0 Å². The largest absolute Gasteiger partial charge is 0.492 e. The van der Waals surface area contributed by atoms with E-state index < -0.39 is 38.2 Å². The predicted octanol–water partition coefficient (Wildman–Crippen LogP) is 2.75. The van der Waals surface area contributed by atoms with Crippen LogP contribution in [-0.4, -0.2) is 51.7 Å². The van der Waals surface area contributed by atoms with Crippen LogP contribution in [0.4, 0.5) is 14.5 Å². The number of carbonyl (C=O) groups is 1. The maximum absolute atomic E-state index is 14.2. The highest BCUT2D eigenvalue weighted by Crippen LogP contribution is 2.45. The summed E-state index contributed by atoms with van der Waals surface area (Å²) in [6.07, 6.45) is 2.09. The molecule has 0 unspecified atom stereocenters. The third-order valence-corrected chi connectivity index (χ3v) is 7.07. The topological polar surface area (TPSA) is 99.5 Å². The maximum atomic E-state index is 14.2. The monoisotopic (exact) mass is 475 g/mol. The van der Waals surface area contributed by atoms with Crippen molar-refractivity contribution in [3.63, 3.8) is 0 Å². The molecule has 33 heavy (non-hydrogen) atoms. The second-order valence-electron chi connectivity index (χ2n) is 8.53. The van der Waals surface area contributed by atoms with Crippen molar-refractivity contribution in [3.05, 3.63) is 58.7 Å². The molecule has 1 fully saturated rings. The Bertz CT molecular complexity index is 1230. The molecule has 0 radical (unpaired) electrons. The number of hydrogen-bond donors (Lipinski definition) is 1. The van der Waals surface area contributed by atoms with Gasteiger partial charge in [0.2, 0.25) is 5.91 Å². The van der Waals surface area contributed by atoms with Crippen LogP contribution in [0.25, 0.3) is 0 Å². The van der Waals surface area contributed by atoms with Crippen molar-refractivity contribution < 1.29 is 26.7 Å².